The van der Waals surface area contributed by atoms with Gasteiger partial charge in [0.05, 0.1) is 13.1 Å². The van der Waals surface area contributed by atoms with Gasteiger partial charge in [-0.25, -0.2) is 0 Å². The van der Waals surface area contributed by atoms with Crippen molar-refractivity contribution >= 4 is 17.2 Å². The quantitative estimate of drug-likeness (QED) is 0.794. The van der Waals surface area contributed by atoms with E-state index in [9.17, 15) is 4.79 Å². The number of amides is 1. The minimum absolute atomic E-state index is 0.0907. The van der Waals surface area contributed by atoms with Gasteiger partial charge in [0.15, 0.2) is 0 Å². The molecule has 0 unspecified atom stereocenters. The second-order valence-electron chi connectivity index (χ2n) is 3.94. The predicted molar refractivity (Wildman–Crippen MR) is 61.9 cm³/mol. The molecule has 1 heterocycles. The maximum Gasteiger partial charge on any atom is 0.234 e. The largest absolute Gasteiger partial charge is 0.350 e. The Balaban J connectivity index is 1.65. The number of hydrogen-bond donors (Lipinski definition) is 2. The Morgan fingerprint density at radius 1 is 1.53 bits per heavy atom. The molecule has 0 saturated heterocycles. The number of rotatable bonds is 5. The van der Waals surface area contributed by atoms with Crippen LogP contribution in [0.25, 0.3) is 0 Å². The number of carbonyl (C=O) groups excluding carboxylic acids is 1. The first kappa shape index (κ1) is 10.6. The number of hydrogen-bond acceptors (Lipinski definition) is 3. The van der Waals surface area contributed by atoms with Gasteiger partial charge in [-0.1, -0.05) is 0 Å². The van der Waals surface area contributed by atoms with E-state index < -0.39 is 0 Å². The summed E-state index contributed by atoms with van der Waals surface area (Å²) in [5.41, 5.74) is 0. The molecule has 15 heavy (non-hydrogen) atoms. The minimum atomic E-state index is 0.0907. The van der Waals surface area contributed by atoms with Crippen molar-refractivity contribution < 1.29 is 4.79 Å². The highest BCUT2D eigenvalue weighted by Crippen LogP contribution is 2.18. The van der Waals surface area contributed by atoms with E-state index in [0.717, 1.165) is 0 Å². The molecule has 0 spiro atoms. The summed E-state index contributed by atoms with van der Waals surface area (Å²) in [4.78, 5) is 13.9. The monoisotopic (exact) mass is 224 g/mol. The van der Waals surface area contributed by atoms with Crippen molar-refractivity contribution in [3.63, 3.8) is 0 Å². The molecular weight excluding hydrogens is 208 g/mol. The number of aryl methyl sites for hydroxylation is 1. The van der Waals surface area contributed by atoms with E-state index in [1.807, 2.05) is 0 Å². The maximum atomic E-state index is 11.4. The predicted octanol–water partition coefficient (Wildman–Crippen LogP) is 1.42. The van der Waals surface area contributed by atoms with E-state index in [-0.39, 0.29) is 5.91 Å². The molecule has 2 rings (SSSR count). The topological polar surface area (TPSA) is 41.1 Å². The number of nitrogens with one attached hydrogen (secondary N) is 2. The highest BCUT2D eigenvalue weighted by atomic mass is 32.1. The molecule has 4 heteroatoms. The van der Waals surface area contributed by atoms with Gasteiger partial charge in [0.1, 0.15) is 0 Å². The van der Waals surface area contributed by atoms with Crippen molar-refractivity contribution in [3.05, 3.63) is 21.9 Å². The zero-order valence-electron chi connectivity index (χ0n) is 8.88. The summed E-state index contributed by atoms with van der Waals surface area (Å²) in [6.07, 6.45) is 2.44. The summed E-state index contributed by atoms with van der Waals surface area (Å²) in [5.74, 6) is 0.0907. The van der Waals surface area contributed by atoms with Crippen LogP contribution in [0.5, 0.6) is 0 Å². The highest BCUT2D eigenvalue weighted by molar-refractivity contribution is 7.11. The van der Waals surface area contributed by atoms with Crippen molar-refractivity contribution in [1.82, 2.24) is 10.6 Å². The van der Waals surface area contributed by atoms with Crippen molar-refractivity contribution in [2.75, 3.05) is 6.54 Å². The van der Waals surface area contributed by atoms with Crippen molar-refractivity contribution in [1.29, 1.82) is 0 Å². The van der Waals surface area contributed by atoms with E-state index in [2.05, 4.69) is 29.7 Å². The molecule has 1 saturated carbocycles. The van der Waals surface area contributed by atoms with Crippen LogP contribution in [0, 0.1) is 6.92 Å². The Morgan fingerprint density at radius 2 is 2.33 bits per heavy atom. The van der Waals surface area contributed by atoms with E-state index >= 15 is 0 Å². The van der Waals surface area contributed by atoms with E-state index in [1.165, 1.54) is 22.6 Å². The van der Waals surface area contributed by atoms with Gasteiger partial charge in [0.25, 0.3) is 0 Å². The van der Waals surface area contributed by atoms with E-state index in [1.54, 1.807) is 11.3 Å². The van der Waals surface area contributed by atoms with Crippen LogP contribution in [0.3, 0.4) is 0 Å². The molecule has 82 valence electrons. The fourth-order valence-corrected chi connectivity index (χ4v) is 2.18. The van der Waals surface area contributed by atoms with Crippen LogP contribution in [-0.4, -0.2) is 18.5 Å². The molecule has 1 amide bonds. The fraction of sp³-hybridized carbons (Fsp3) is 0.545. The lowest BCUT2D eigenvalue weighted by atomic mass is 10.4. The van der Waals surface area contributed by atoms with E-state index in [0.29, 0.717) is 19.1 Å². The molecule has 1 aromatic rings. The highest BCUT2D eigenvalue weighted by Gasteiger charge is 2.20. The molecule has 0 radical (unpaired) electrons. The van der Waals surface area contributed by atoms with Crippen LogP contribution in [0.4, 0.5) is 0 Å². The van der Waals surface area contributed by atoms with Crippen LogP contribution in [0.1, 0.15) is 22.6 Å². The van der Waals surface area contributed by atoms with Gasteiger partial charge in [0, 0.05) is 15.8 Å². The van der Waals surface area contributed by atoms with Gasteiger partial charge in [-0.3, -0.25) is 4.79 Å². The first-order valence-electron chi connectivity index (χ1n) is 5.29. The molecule has 0 aliphatic heterocycles. The van der Waals surface area contributed by atoms with Gasteiger partial charge in [-0.2, -0.15) is 0 Å². The molecule has 1 fully saturated rings. The lowest BCUT2D eigenvalue weighted by Gasteiger charge is -2.04. The molecule has 0 bridgehead atoms. The fourth-order valence-electron chi connectivity index (χ4n) is 1.35. The molecule has 1 aliphatic rings. The Bertz CT molecular complexity index is 344. The third-order valence-electron chi connectivity index (χ3n) is 2.38. The molecule has 0 atom stereocenters. The molecular formula is C11H16N2OS. The second kappa shape index (κ2) is 4.77. The summed E-state index contributed by atoms with van der Waals surface area (Å²) >= 11 is 1.73. The molecule has 0 aromatic carbocycles. The molecule has 3 nitrogen and oxygen atoms in total. The average molecular weight is 224 g/mol. The summed E-state index contributed by atoms with van der Waals surface area (Å²) in [5, 5.41) is 6.09. The third-order valence-corrected chi connectivity index (χ3v) is 3.39. The standard InChI is InChI=1S/C11H16N2OS/c1-8-2-5-10(15-8)6-13-11(14)7-12-9-3-4-9/h2,5,9,12H,3-4,6-7H2,1H3,(H,13,14). The third kappa shape index (κ3) is 3.64. The van der Waals surface area contributed by atoms with Gasteiger partial charge in [-0.15, -0.1) is 11.3 Å². The van der Waals surface area contributed by atoms with Crippen LogP contribution < -0.4 is 10.6 Å². The summed E-state index contributed by atoms with van der Waals surface area (Å²) < 4.78 is 0. The van der Waals surface area contributed by atoms with Crippen LogP contribution in [0.15, 0.2) is 12.1 Å². The van der Waals surface area contributed by atoms with Crippen molar-refractivity contribution in [2.45, 2.75) is 32.4 Å². The lowest BCUT2D eigenvalue weighted by molar-refractivity contribution is -0.120. The van der Waals surface area contributed by atoms with Crippen LogP contribution in [0.2, 0.25) is 0 Å². The lowest BCUT2D eigenvalue weighted by Crippen LogP contribution is -2.34. The molecule has 1 aliphatic carbocycles. The summed E-state index contributed by atoms with van der Waals surface area (Å²) in [6, 6.07) is 4.74. The molecule has 2 N–H and O–H groups in total. The van der Waals surface area contributed by atoms with Gasteiger partial charge < -0.3 is 10.6 Å². The van der Waals surface area contributed by atoms with Crippen molar-refractivity contribution in [2.24, 2.45) is 0 Å². The van der Waals surface area contributed by atoms with E-state index in [4.69, 9.17) is 0 Å². The molecule has 1 aromatic heterocycles. The number of carbonyl (C=O) groups is 1. The Kier molecular flexibility index (Phi) is 3.38. The maximum absolute atomic E-state index is 11.4. The Morgan fingerprint density at radius 3 is 2.93 bits per heavy atom. The zero-order chi connectivity index (χ0) is 10.7. The summed E-state index contributed by atoms with van der Waals surface area (Å²) in [6.45, 7) is 3.18. The Labute approximate surface area is 93.9 Å². The SMILES string of the molecule is Cc1ccc(CNC(=O)CNC2CC2)s1. The summed E-state index contributed by atoms with van der Waals surface area (Å²) in [7, 11) is 0. The number of thiophene rings is 1. The zero-order valence-corrected chi connectivity index (χ0v) is 9.69. The Hall–Kier alpha value is -0.870. The normalized spacial score (nSPS) is 15.3. The van der Waals surface area contributed by atoms with Gasteiger partial charge in [0.2, 0.25) is 5.91 Å². The van der Waals surface area contributed by atoms with Gasteiger partial charge >= 0.3 is 0 Å². The second-order valence-corrected chi connectivity index (χ2v) is 5.32. The van der Waals surface area contributed by atoms with Crippen LogP contribution in [-0.2, 0) is 11.3 Å². The first-order chi connectivity index (χ1) is 7.24. The van der Waals surface area contributed by atoms with Gasteiger partial charge in [-0.05, 0) is 31.9 Å². The van der Waals surface area contributed by atoms with Crippen molar-refractivity contribution in [3.8, 4) is 0 Å². The average Bonchev–Trinajstić information content (AvgIpc) is 2.95. The smallest absolute Gasteiger partial charge is 0.234 e. The minimum Gasteiger partial charge on any atom is -0.350 e. The van der Waals surface area contributed by atoms with Crippen LogP contribution >= 0.6 is 11.3 Å². The first-order valence-corrected chi connectivity index (χ1v) is 6.11.